The predicted molar refractivity (Wildman–Crippen MR) is 61.3 cm³/mol. The molecule has 1 N–H and O–H groups in total. The van der Waals surface area contributed by atoms with Crippen LogP contribution in [0.15, 0.2) is 0 Å². The van der Waals surface area contributed by atoms with Gasteiger partial charge < -0.3 is 4.90 Å². The molecule has 0 aliphatic heterocycles. The second kappa shape index (κ2) is 7.86. The average molecular weight is 230 g/mol. The summed E-state index contributed by atoms with van der Waals surface area (Å²) in [4.78, 5) is 1.41. The van der Waals surface area contributed by atoms with Crippen molar-refractivity contribution in [3.8, 4) is 0 Å². The molecule has 0 amide bonds. The van der Waals surface area contributed by atoms with E-state index in [4.69, 9.17) is 23.6 Å². The Labute approximate surface area is 93.0 Å². The molecule has 0 saturated heterocycles. The number of nitrogens with zero attached hydrogens (tertiary/aromatic N) is 1. The third kappa shape index (κ3) is 8.82. The van der Waals surface area contributed by atoms with E-state index in [1.54, 1.807) is 0 Å². The van der Waals surface area contributed by atoms with E-state index in [0.717, 1.165) is 13.0 Å². The summed E-state index contributed by atoms with van der Waals surface area (Å²) in [6, 6.07) is 0. The summed E-state index contributed by atoms with van der Waals surface area (Å²) >= 11 is 11.3. The Morgan fingerprint density at radius 1 is 1.15 bits per heavy atom. The first kappa shape index (κ1) is 15.9. The van der Waals surface area contributed by atoms with Gasteiger partial charge in [0.05, 0.1) is 26.2 Å². The molecule has 0 aliphatic rings. The van der Waals surface area contributed by atoms with Crippen LogP contribution in [0.5, 0.6) is 0 Å². The molecule has 0 fully saturated rings. The molecular weight excluding hydrogens is 207 g/mol. The van der Waals surface area contributed by atoms with Crippen molar-refractivity contribution in [1.82, 2.24) is 3.94 Å². The zero-order valence-corrected chi connectivity index (χ0v) is 11.1. The Bertz CT molecular complexity index is 114. The molecule has 0 saturated carbocycles. The summed E-state index contributed by atoms with van der Waals surface area (Å²) in [6.45, 7) is 9.12. The molecule has 0 aliphatic carbocycles. The van der Waals surface area contributed by atoms with Crippen molar-refractivity contribution in [3.63, 3.8) is 0 Å². The second-order valence-electron chi connectivity index (χ2n) is 3.75. The first-order valence-electron chi connectivity index (χ1n) is 4.77. The molecular formula is C9H23Cl2N2+. The van der Waals surface area contributed by atoms with Crippen molar-refractivity contribution in [2.24, 2.45) is 0 Å². The van der Waals surface area contributed by atoms with E-state index in [1.165, 1.54) is 8.84 Å². The molecule has 0 aromatic heterocycles. The summed E-state index contributed by atoms with van der Waals surface area (Å²) in [6.07, 6.45) is 0.988. The molecule has 0 aromatic rings. The lowest BCUT2D eigenvalue weighted by Crippen LogP contribution is -3.05. The zero-order chi connectivity index (χ0) is 11.1. The van der Waals surface area contributed by atoms with Gasteiger partial charge in [-0.3, -0.25) is 0 Å². The standard InChI is InChI=1S/C7H16Cl2N2.C2H6/c1-7(2,11(8)9)5-6-10(3)4;1-2/h5-6H2,1-4H3;1-2H3/p+1. The lowest BCUT2D eigenvalue weighted by Gasteiger charge is -2.27. The van der Waals surface area contributed by atoms with Crippen molar-refractivity contribution in [2.75, 3.05) is 20.6 Å². The Kier molecular flexibility index (Phi) is 9.65. The third-order valence-electron chi connectivity index (χ3n) is 1.69. The highest BCUT2D eigenvalue weighted by Gasteiger charge is 2.24. The van der Waals surface area contributed by atoms with Crippen LogP contribution in [0.2, 0.25) is 0 Å². The average Bonchev–Trinajstić information content (AvgIpc) is 2.05. The van der Waals surface area contributed by atoms with Crippen molar-refractivity contribution < 1.29 is 4.90 Å². The molecule has 0 rings (SSSR count). The highest BCUT2D eigenvalue weighted by molar-refractivity contribution is 6.34. The summed E-state index contributed by atoms with van der Waals surface area (Å²) in [5.41, 5.74) is -0.125. The molecule has 0 heterocycles. The Hall–Kier alpha value is 0.500. The highest BCUT2D eigenvalue weighted by atomic mass is 35.5. The summed E-state index contributed by atoms with van der Waals surface area (Å²) < 4.78 is 1.23. The van der Waals surface area contributed by atoms with Crippen molar-refractivity contribution >= 4 is 23.6 Å². The smallest absolute Gasteiger partial charge is 0.0785 e. The van der Waals surface area contributed by atoms with Crippen LogP contribution in [-0.2, 0) is 0 Å². The fourth-order valence-corrected chi connectivity index (χ4v) is 0.809. The number of quaternary nitrogens is 1. The highest BCUT2D eigenvalue weighted by Crippen LogP contribution is 2.22. The monoisotopic (exact) mass is 229 g/mol. The number of nitrogens with one attached hydrogen (secondary N) is 1. The normalized spacial score (nSPS) is 11.5. The van der Waals surface area contributed by atoms with E-state index < -0.39 is 0 Å². The fraction of sp³-hybridized carbons (Fsp3) is 1.00. The van der Waals surface area contributed by atoms with E-state index in [1.807, 2.05) is 27.7 Å². The minimum absolute atomic E-state index is 0.125. The number of hydrogen-bond donors (Lipinski definition) is 1. The SMILES string of the molecule is CC.C[NH+](C)CCC(C)(C)N(Cl)Cl. The van der Waals surface area contributed by atoms with Crippen LogP contribution in [0.1, 0.15) is 34.1 Å². The first-order chi connectivity index (χ1) is 5.86. The van der Waals surface area contributed by atoms with E-state index in [9.17, 15) is 0 Å². The molecule has 0 spiro atoms. The molecule has 0 bridgehead atoms. The van der Waals surface area contributed by atoms with Gasteiger partial charge in [-0.1, -0.05) is 13.8 Å². The number of rotatable bonds is 4. The molecule has 0 unspecified atom stereocenters. The van der Waals surface area contributed by atoms with E-state index >= 15 is 0 Å². The zero-order valence-electron chi connectivity index (χ0n) is 9.62. The van der Waals surface area contributed by atoms with Gasteiger partial charge in [-0.05, 0) is 37.4 Å². The van der Waals surface area contributed by atoms with Gasteiger partial charge >= 0.3 is 0 Å². The van der Waals surface area contributed by atoms with Crippen molar-refractivity contribution in [3.05, 3.63) is 0 Å². The third-order valence-corrected chi connectivity index (χ3v) is 2.61. The Morgan fingerprint density at radius 3 is 1.77 bits per heavy atom. The minimum atomic E-state index is -0.125. The van der Waals surface area contributed by atoms with Crippen LogP contribution in [-0.4, -0.2) is 30.1 Å². The fourth-order valence-electron chi connectivity index (χ4n) is 0.640. The van der Waals surface area contributed by atoms with Crippen LogP contribution in [0.25, 0.3) is 0 Å². The number of halogens is 2. The van der Waals surface area contributed by atoms with Gasteiger partial charge in [0.1, 0.15) is 0 Å². The Morgan fingerprint density at radius 2 is 1.54 bits per heavy atom. The first-order valence-corrected chi connectivity index (χ1v) is 5.44. The van der Waals surface area contributed by atoms with E-state index in [2.05, 4.69) is 14.1 Å². The summed E-state index contributed by atoms with van der Waals surface area (Å²) in [7, 11) is 4.23. The maximum absolute atomic E-state index is 5.64. The molecule has 0 aromatic carbocycles. The minimum Gasteiger partial charge on any atom is -0.340 e. The van der Waals surface area contributed by atoms with Crippen LogP contribution in [0, 0.1) is 0 Å². The maximum atomic E-state index is 5.64. The van der Waals surface area contributed by atoms with Crippen LogP contribution >= 0.6 is 23.6 Å². The molecule has 2 nitrogen and oxygen atoms in total. The largest absolute Gasteiger partial charge is 0.340 e. The molecule has 0 radical (unpaired) electrons. The van der Waals surface area contributed by atoms with Gasteiger partial charge in [0.15, 0.2) is 0 Å². The molecule has 82 valence electrons. The van der Waals surface area contributed by atoms with Crippen LogP contribution in [0.3, 0.4) is 0 Å². The van der Waals surface area contributed by atoms with Gasteiger partial charge in [-0.15, -0.1) is 3.94 Å². The Balaban J connectivity index is 0. The van der Waals surface area contributed by atoms with E-state index in [0.29, 0.717) is 0 Å². The summed E-state index contributed by atoms with van der Waals surface area (Å²) in [5.74, 6) is 0. The van der Waals surface area contributed by atoms with Gasteiger partial charge in [-0.25, -0.2) is 0 Å². The summed E-state index contributed by atoms with van der Waals surface area (Å²) in [5, 5.41) is 0. The van der Waals surface area contributed by atoms with Gasteiger partial charge in [0.25, 0.3) is 0 Å². The molecule has 0 atom stereocenters. The van der Waals surface area contributed by atoms with Crippen LogP contribution < -0.4 is 4.90 Å². The van der Waals surface area contributed by atoms with Gasteiger partial charge in [0.2, 0.25) is 0 Å². The maximum Gasteiger partial charge on any atom is 0.0785 e. The van der Waals surface area contributed by atoms with Gasteiger partial charge in [-0.2, -0.15) is 0 Å². The van der Waals surface area contributed by atoms with Crippen molar-refractivity contribution in [2.45, 2.75) is 39.7 Å². The topological polar surface area (TPSA) is 7.68 Å². The van der Waals surface area contributed by atoms with Crippen LogP contribution in [0.4, 0.5) is 0 Å². The molecule has 4 heteroatoms. The lowest BCUT2D eigenvalue weighted by atomic mass is 10.0. The lowest BCUT2D eigenvalue weighted by molar-refractivity contribution is -0.859. The van der Waals surface area contributed by atoms with E-state index in [-0.39, 0.29) is 5.54 Å². The quantitative estimate of drug-likeness (QED) is 0.725. The van der Waals surface area contributed by atoms with Gasteiger partial charge in [0, 0.05) is 6.42 Å². The predicted octanol–water partition coefficient (Wildman–Crippen LogP) is 1.94. The molecule has 13 heavy (non-hydrogen) atoms. The second-order valence-corrected chi connectivity index (χ2v) is 4.60. The number of hydrogen-bond acceptors (Lipinski definition) is 1. The van der Waals surface area contributed by atoms with Crippen molar-refractivity contribution in [1.29, 1.82) is 0 Å².